The predicted octanol–water partition coefficient (Wildman–Crippen LogP) is 3.17. The van der Waals surface area contributed by atoms with E-state index in [0.717, 1.165) is 31.2 Å². The second kappa shape index (κ2) is 8.25. The number of methoxy groups -OCH3 is 1. The van der Waals surface area contributed by atoms with E-state index in [1.165, 1.54) is 7.11 Å². The van der Waals surface area contributed by atoms with Gasteiger partial charge in [-0.3, -0.25) is 9.59 Å². The van der Waals surface area contributed by atoms with Gasteiger partial charge in [-0.25, -0.2) is 0 Å². The average molecular weight is 513 g/mol. The fraction of sp³-hybridized carbons (Fsp3) is 0.724. The minimum atomic E-state index is -1.12. The number of fused-ring (bicyclic) bond motifs is 3. The van der Waals surface area contributed by atoms with Gasteiger partial charge in [-0.2, -0.15) is 0 Å². The van der Waals surface area contributed by atoms with Gasteiger partial charge in [-0.15, -0.1) is 0 Å². The zero-order chi connectivity index (χ0) is 25.6. The molecule has 0 amide bonds. The first kappa shape index (κ1) is 24.1. The number of hydrogen-bond acceptors (Lipinski definition) is 8. The summed E-state index contributed by atoms with van der Waals surface area (Å²) < 4.78 is 31.1. The van der Waals surface area contributed by atoms with Crippen molar-refractivity contribution < 1.29 is 38.4 Å². The van der Waals surface area contributed by atoms with Gasteiger partial charge in [0, 0.05) is 35.2 Å². The third-order valence-electron chi connectivity index (χ3n) is 11.2. The van der Waals surface area contributed by atoms with Crippen molar-refractivity contribution in [3.63, 3.8) is 0 Å². The quantitative estimate of drug-likeness (QED) is 0.617. The van der Waals surface area contributed by atoms with Crippen LogP contribution in [0.15, 0.2) is 30.3 Å². The summed E-state index contributed by atoms with van der Waals surface area (Å²) in [6.07, 6.45) is 2.03. The van der Waals surface area contributed by atoms with Gasteiger partial charge in [0.25, 0.3) is 0 Å². The van der Waals surface area contributed by atoms with Gasteiger partial charge in [0.05, 0.1) is 38.1 Å². The van der Waals surface area contributed by atoms with Gasteiger partial charge in [-0.1, -0.05) is 50.1 Å². The number of esters is 2. The molecule has 1 aromatic carbocycles. The molecule has 3 heterocycles. The van der Waals surface area contributed by atoms with Crippen molar-refractivity contribution in [2.75, 3.05) is 20.3 Å². The van der Waals surface area contributed by atoms with Crippen molar-refractivity contribution in [2.24, 2.45) is 34.0 Å². The van der Waals surface area contributed by atoms with Crippen LogP contribution >= 0.6 is 0 Å². The number of rotatable bonds is 3. The summed E-state index contributed by atoms with van der Waals surface area (Å²) in [5, 5.41) is 12.1. The minimum absolute atomic E-state index is 0.105. The summed E-state index contributed by atoms with van der Waals surface area (Å²) >= 11 is 0. The standard InChI is InChI=1S/C29H36O8/c1-27(17-10-6-7-11-17)18-12-21(30)34-14-28(18)19-13-20(37-25(36-19)16-8-4-3-5-9-16)29(26(32)33-2)15-35-22(23(28)29)24(27)31/h3-5,8-9,17-20,22-25,31H,6-7,10-15H2,1-2H3/t18-,19-,20+,22+,23+,24-,25+,27-,28-,29-/m0/s1. The molecule has 10 atom stereocenters. The monoisotopic (exact) mass is 512 g/mol. The molecule has 8 heteroatoms. The van der Waals surface area contributed by atoms with Gasteiger partial charge >= 0.3 is 11.9 Å². The van der Waals surface area contributed by atoms with Crippen LogP contribution in [0.4, 0.5) is 0 Å². The average Bonchev–Trinajstić information content (AvgIpc) is 3.61. The molecule has 7 rings (SSSR count). The highest BCUT2D eigenvalue weighted by Gasteiger charge is 2.82. The van der Waals surface area contributed by atoms with E-state index >= 15 is 0 Å². The van der Waals surface area contributed by atoms with Gasteiger partial charge in [0.15, 0.2) is 6.29 Å². The summed E-state index contributed by atoms with van der Waals surface area (Å²) in [6.45, 7) is 2.40. The molecule has 0 radical (unpaired) electrons. The summed E-state index contributed by atoms with van der Waals surface area (Å²) in [5.41, 5.74) is -1.51. The maximum atomic E-state index is 13.8. The topological polar surface area (TPSA) is 101 Å². The SMILES string of the molecule is COC(=O)[C@@]12CO[C@H]3[C@H](O)[C@@](C)(C4CCCC4)[C@@H]4CC(=O)OC[C@]4([C@@H]4C[C@H]1O[C@H](c1ccccc1)O4)[C@@H]32. The van der Waals surface area contributed by atoms with Crippen molar-refractivity contribution in [3.8, 4) is 0 Å². The number of carbonyl (C=O) groups excluding carboxylic acids is 2. The van der Waals surface area contributed by atoms with Gasteiger partial charge in [0.2, 0.25) is 0 Å². The normalized spacial score (nSPS) is 48.6. The second-order valence-corrected chi connectivity index (χ2v) is 12.3. The van der Waals surface area contributed by atoms with E-state index in [0.29, 0.717) is 6.42 Å². The highest BCUT2D eigenvalue weighted by molar-refractivity contribution is 5.80. The number of carbonyl (C=O) groups is 2. The third kappa shape index (κ3) is 2.93. The molecule has 3 aliphatic carbocycles. The van der Waals surface area contributed by atoms with E-state index in [9.17, 15) is 14.7 Å². The van der Waals surface area contributed by atoms with Crippen LogP contribution < -0.4 is 0 Å². The Labute approximate surface area is 216 Å². The highest BCUT2D eigenvalue weighted by Crippen LogP contribution is 2.73. The fourth-order valence-electron chi connectivity index (χ4n) is 9.63. The van der Waals surface area contributed by atoms with Crippen LogP contribution in [-0.4, -0.2) is 61.8 Å². The van der Waals surface area contributed by atoms with E-state index in [1.54, 1.807) is 0 Å². The number of ether oxygens (including phenoxy) is 5. The Kier molecular flexibility index (Phi) is 5.37. The van der Waals surface area contributed by atoms with Crippen molar-refractivity contribution in [1.82, 2.24) is 0 Å². The molecule has 1 spiro atoms. The lowest BCUT2D eigenvalue weighted by atomic mass is 9.37. The van der Waals surface area contributed by atoms with Crippen molar-refractivity contribution in [3.05, 3.63) is 35.9 Å². The summed E-state index contributed by atoms with van der Waals surface area (Å²) in [4.78, 5) is 26.7. The van der Waals surface area contributed by atoms with Crippen molar-refractivity contribution in [2.45, 2.75) is 76.2 Å². The molecule has 1 aromatic rings. The Morgan fingerprint density at radius 1 is 1.08 bits per heavy atom. The zero-order valence-corrected chi connectivity index (χ0v) is 21.5. The molecule has 6 aliphatic rings. The highest BCUT2D eigenvalue weighted by atomic mass is 16.7. The molecule has 2 bridgehead atoms. The lowest BCUT2D eigenvalue weighted by Gasteiger charge is -2.70. The summed E-state index contributed by atoms with van der Waals surface area (Å²) in [6, 6.07) is 9.76. The van der Waals surface area contributed by atoms with E-state index in [2.05, 4.69) is 6.92 Å². The van der Waals surface area contributed by atoms with E-state index in [1.807, 2.05) is 30.3 Å². The van der Waals surface area contributed by atoms with Crippen LogP contribution in [0.2, 0.25) is 0 Å². The first-order chi connectivity index (χ1) is 17.9. The Morgan fingerprint density at radius 2 is 1.81 bits per heavy atom. The van der Waals surface area contributed by atoms with Gasteiger partial charge < -0.3 is 28.8 Å². The van der Waals surface area contributed by atoms with Crippen LogP contribution in [0.3, 0.4) is 0 Å². The largest absolute Gasteiger partial charge is 0.468 e. The van der Waals surface area contributed by atoms with Crippen LogP contribution in [0.25, 0.3) is 0 Å². The molecule has 3 aliphatic heterocycles. The first-order valence-electron chi connectivity index (χ1n) is 13.8. The molecule has 0 unspecified atom stereocenters. The van der Waals surface area contributed by atoms with E-state index in [4.69, 9.17) is 23.7 Å². The van der Waals surface area contributed by atoms with Crippen LogP contribution in [0.5, 0.6) is 0 Å². The first-order valence-corrected chi connectivity index (χ1v) is 13.8. The Morgan fingerprint density at radius 3 is 2.54 bits per heavy atom. The number of benzene rings is 1. The molecule has 8 nitrogen and oxygen atoms in total. The molecule has 37 heavy (non-hydrogen) atoms. The second-order valence-electron chi connectivity index (χ2n) is 12.3. The zero-order valence-electron chi connectivity index (χ0n) is 21.5. The third-order valence-corrected chi connectivity index (χ3v) is 11.2. The number of aliphatic hydroxyl groups is 1. The molecule has 0 aromatic heterocycles. The summed E-state index contributed by atoms with van der Waals surface area (Å²) in [5.74, 6) is -1.04. The van der Waals surface area contributed by atoms with Gasteiger partial charge in [0.1, 0.15) is 12.0 Å². The molecule has 200 valence electrons. The van der Waals surface area contributed by atoms with Crippen molar-refractivity contribution in [1.29, 1.82) is 0 Å². The van der Waals surface area contributed by atoms with Crippen LogP contribution in [-0.2, 0) is 33.3 Å². The molecule has 6 fully saturated rings. The Balaban J connectivity index is 1.43. The summed E-state index contributed by atoms with van der Waals surface area (Å²) in [7, 11) is 1.40. The van der Waals surface area contributed by atoms with Gasteiger partial charge in [-0.05, 0) is 24.7 Å². The predicted molar refractivity (Wildman–Crippen MR) is 129 cm³/mol. The molecular formula is C29H36O8. The smallest absolute Gasteiger partial charge is 0.317 e. The molecule has 3 saturated carbocycles. The van der Waals surface area contributed by atoms with E-state index < -0.39 is 46.8 Å². The fourth-order valence-corrected chi connectivity index (χ4v) is 9.63. The molecular weight excluding hydrogens is 476 g/mol. The maximum Gasteiger partial charge on any atom is 0.317 e. The Hall–Kier alpha value is -2.00. The lowest BCUT2D eigenvalue weighted by Crippen LogP contribution is -2.78. The number of hydrogen-bond donors (Lipinski definition) is 1. The number of cyclic esters (lactones) is 1. The Bertz CT molecular complexity index is 1090. The van der Waals surface area contributed by atoms with Crippen molar-refractivity contribution >= 4 is 11.9 Å². The lowest BCUT2D eigenvalue weighted by molar-refractivity contribution is -0.370. The van der Waals surface area contributed by atoms with Crippen LogP contribution in [0.1, 0.15) is 57.3 Å². The minimum Gasteiger partial charge on any atom is -0.468 e. The maximum absolute atomic E-state index is 13.8. The van der Waals surface area contributed by atoms with E-state index in [-0.39, 0.29) is 49.5 Å². The number of aliphatic hydroxyl groups excluding tert-OH is 1. The molecule has 3 saturated heterocycles. The van der Waals surface area contributed by atoms with Crippen LogP contribution in [0, 0.1) is 34.0 Å². The molecule has 1 N–H and O–H groups in total.